The minimum atomic E-state index is -4.24. The van der Waals surface area contributed by atoms with E-state index in [2.05, 4.69) is 12.2 Å². The minimum Gasteiger partial charge on any atom is -0.316 e. The fourth-order valence-electron chi connectivity index (χ4n) is 2.40. The molecule has 1 N–H and O–H groups in total. The summed E-state index contributed by atoms with van der Waals surface area (Å²) < 4.78 is 38.6. The van der Waals surface area contributed by atoms with Gasteiger partial charge in [-0.2, -0.15) is 13.2 Å². The van der Waals surface area contributed by atoms with Gasteiger partial charge in [0, 0.05) is 0 Å². The van der Waals surface area contributed by atoms with E-state index in [1.54, 1.807) is 12.1 Å². The largest absolute Gasteiger partial charge is 0.416 e. The molecule has 0 radical (unpaired) electrons. The zero-order chi connectivity index (χ0) is 13.2. The van der Waals surface area contributed by atoms with Gasteiger partial charge in [-0.05, 0) is 49.4 Å². The van der Waals surface area contributed by atoms with Crippen LogP contribution in [0.4, 0.5) is 13.2 Å². The van der Waals surface area contributed by atoms with Crippen LogP contribution in [0.3, 0.4) is 0 Å². The summed E-state index contributed by atoms with van der Waals surface area (Å²) in [5, 5.41) is 3.27. The minimum absolute atomic E-state index is 0.0761. The van der Waals surface area contributed by atoms with Gasteiger partial charge in [-0.15, -0.1) is 0 Å². The van der Waals surface area contributed by atoms with Crippen LogP contribution in [-0.2, 0) is 6.18 Å². The quantitative estimate of drug-likeness (QED) is 0.791. The molecule has 1 fully saturated rings. The molecule has 1 aliphatic carbocycles. The fourth-order valence-corrected chi connectivity index (χ4v) is 2.40. The molecule has 0 spiro atoms. The van der Waals surface area contributed by atoms with Crippen molar-refractivity contribution < 1.29 is 13.2 Å². The lowest BCUT2D eigenvalue weighted by atomic mass is 10.0. The van der Waals surface area contributed by atoms with E-state index in [4.69, 9.17) is 0 Å². The standard InChI is InChI=1S/C14H18F3N/c1-2-7-18-9-10-8-12(10)11-5-3-4-6-13(11)14(15,16)17/h3-6,10,12,18H,2,7-9H2,1H3. The number of halogens is 3. The SMILES string of the molecule is CCCNCC1CC1c1ccccc1C(F)(F)F. The highest BCUT2D eigenvalue weighted by molar-refractivity contribution is 5.36. The van der Waals surface area contributed by atoms with Crippen LogP contribution in [0.5, 0.6) is 0 Å². The number of benzene rings is 1. The maximum atomic E-state index is 12.9. The molecule has 100 valence electrons. The molecule has 2 rings (SSSR count). The van der Waals surface area contributed by atoms with Gasteiger partial charge >= 0.3 is 6.18 Å². The molecule has 1 nitrogen and oxygen atoms in total. The summed E-state index contributed by atoms with van der Waals surface area (Å²) in [4.78, 5) is 0. The fraction of sp³-hybridized carbons (Fsp3) is 0.571. The van der Waals surface area contributed by atoms with Crippen LogP contribution < -0.4 is 5.32 Å². The Morgan fingerprint density at radius 3 is 2.67 bits per heavy atom. The van der Waals surface area contributed by atoms with Gasteiger partial charge in [0.1, 0.15) is 0 Å². The average Bonchev–Trinajstić information content (AvgIpc) is 3.08. The summed E-state index contributed by atoms with van der Waals surface area (Å²) in [6.45, 7) is 3.84. The first-order valence-corrected chi connectivity index (χ1v) is 6.41. The monoisotopic (exact) mass is 257 g/mol. The topological polar surface area (TPSA) is 12.0 Å². The molecule has 2 atom stereocenters. The molecule has 0 amide bonds. The van der Waals surface area contributed by atoms with E-state index in [0.29, 0.717) is 11.5 Å². The highest BCUT2D eigenvalue weighted by Crippen LogP contribution is 2.50. The Morgan fingerprint density at radius 1 is 1.28 bits per heavy atom. The van der Waals surface area contributed by atoms with Gasteiger partial charge in [0.2, 0.25) is 0 Å². The van der Waals surface area contributed by atoms with E-state index in [0.717, 1.165) is 25.9 Å². The van der Waals surface area contributed by atoms with Crippen molar-refractivity contribution in [1.29, 1.82) is 0 Å². The predicted octanol–water partition coefficient (Wildman–Crippen LogP) is 3.81. The summed E-state index contributed by atoms with van der Waals surface area (Å²) in [6, 6.07) is 5.95. The molecule has 18 heavy (non-hydrogen) atoms. The Kier molecular flexibility index (Phi) is 3.95. The molecule has 0 heterocycles. The molecular weight excluding hydrogens is 239 g/mol. The molecule has 0 aromatic heterocycles. The first kappa shape index (κ1) is 13.4. The number of nitrogens with one attached hydrogen (secondary N) is 1. The third kappa shape index (κ3) is 3.05. The lowest BCUT2D eigenvalue weighted by Crippen LogP contribution is -2.18. The van der Waals surface area contributed by atoms with Crippen molar-refractivity contribution in [2.24, 2.45) is 5.92 Å². The zero-order valence-electron chi connectivity index (χ0n) is 10.4. The van der Waals surface area contributed by atoms with Crippen LogP contribution in [0, 0.1) is 5.92 Å². The molecule has 1 aromatic carbocycles. The van der Waals surface area contributed by atoms with Gasteiger partial charge in [0.25, 0.3) is 0 Å². The van der Waals surface area contributed by atoms with E-state index in [-0.39, 0.29) is 5.92 Å². The Labute approximate surface area is 105 Å². The van der Waals surface area contributed by atoms with Gasteiger partial charge < -0.3 is 5.32 Å². The van der Waals surface area contributed by atoms with Gasteiger partial charge in [-0.3, -0.25) is 0 Å². The van der Waals surface area contributed by atoms with E-state index < -0.39 is 11.7 Å². The van der Waals surface area contributed by atoms with Crippen molar-refractivity contribution in [1.82, 2.24) is 5.32 Å². The maximum Gasteiger partial charge on any atom is 0.416 e. The first-order valence-electron chi connectivity index (χ1n) is 6.41. The number of hydrogen-bond donors (Lipinski definition) is 1. The average molecular weight is 257 g/mol. The summed E-state index contributed by atoms with van der Waals surface area (Å²) in [6.07, 6.45) is -2.32. The highest BCUT2D eigenvalue weighted by atomic mass is 19.4. The van der Waals surface area contributed by atoms with Crippen molar-refractivity contribution in [2.75, 3.05) is 13.1 Å². The summed E-state index contributed by atoms with van der Waals surface area (Å²) in [7, 11) is 0. The van der Waals surface area contributed by atoms with Crippen LogP contribution in [-0.4, -0.2) is 13.1 Å². The Balaban J connectivity index is 2.03. The molecular formula is C14H18F3N. The molecule has 0 saturated heterocycles. The van der Waals surface area contributed by atoms with Crippen LogP contribution >= 0.6 is 0 Å². The normalized spacial score (nSPS) is 23.1. The maximum absolute atomic E-state index is 12.9. The van der Waals surface area contributed by atoms with Gasteiger partial charge in [0.05, 0.1) is 5.56 Å². The Morgan fingerprint density at radius 2 is 2.00 bits per heavy atom. The van der Waals surface area contributed by atoms with E-state index in [9.17, 15) is 13.2 Å². The highest BCUT2D eigenvalue weighted by Gasteiger charge is 2.43. The molecule has 1 aliphatic rings. The van der Waals surface area contributed by atoms with Crippen LogP contribution in [0.1, 0.15) is 36.8 Å². The molecule has 1 saturated carbocycles. The van der Waals surface area contributed by atoms with E-state index in [1.165, 1.54) is 12.1 Å². The second-order valence-corrected chi connectivity index (χ2v) is 4.89. The molecule has 0 bridgehead atoms. The van der Waals surface area contributed by atoms with Crippen molar-refractivity contribution in [3.8, 4) is 0 Å². The van der Waals surface area contributed by atoms with Gasteiger partial charge in [0.15, 0.2) is 0 Å². The predicted molar refractivity (Wildman–Crippen MR) is 65.5 cm³/mol. The summed E-state index contributed by atoms with van der Waals surface area (Å²) in [5.41, 5.74) is 0.00119. The van der Waals surface area contributed by atoms with Crippen molar-refractivity contribution >= 4 is 0 Å². The molecule has 1 aromatic rings. The van der Waals surface area contributed by atoms with Crippen LogP contribution in [0.25, 0.3) is 0 Å². The van der Waals surface area contributed by atoms with E-state index >= 15 is 0 Å². The number of rotatable bonds is 5. The first-order chi connectivity index (χ1) is 8.54. The number of alkyl halides is 3. The van der Waals surface area contributed by atoms with Crippen molar-refractivity contribution in [2.45, 2.75) is 31.9 Å². The Bertz CT molecular complexity index is 400. The molecule has 2 unspecified atom stereocenters. The molecule has 0 aliphatic heterocycles. The Hall–Kier alpha value is -1.03. The smallest absolute Gasteiger partial charge is 0.316 e. The lowest BCUT2D eigenvalue weighted by molar-refractivity contribution is -0.138. The van der Waals surface area contributed by atoms with Crippen molar-refractivity contribution in [3.05, 3.63) is 35.4 Å². The zero-order valence-corrected chi connectivity index (χ0v) is 10.4. The summed E-state index contributed by atoms with van der Waals surface area (Å²) in [5.74, 6) is 0.437. The third-order valence-corrected chi connectivity index (χ3v) is 3.42. The number of hydrogen-bond acceptors (Lipinski definition) is 1. The van der Waals surface area contributed by atoms with Crippen LogP contribution in [0.2, 0.25) is 0 Å². The van der Waals surface area contributed by atoms with Crippen molar-refractivity contribution in [3.63, 3.8) is 0 Å². The summed E-state index contributed by atoms with van der Waals surface area (Å²) >= 11 is 0. The third-order valence-electron chi connectivity index (χ3n) is 3.42. The second kappa shape index (κ2) is 5.31. The second-order valence-electron chi connectivity index (χ2n) is 4.89. The van der Waals surface area contributed by atoms with Crippen LogP contribution in [0.15, 0.2) is 24.3 Å². The van der Waals surface area contributed by atoms with Gasteiger partial charge in [-0.1, -0.05) is 25.1 Å². The lowest BCUT2D eigenvalue weighted by Gasteiger charge is -2.12. The molecule has 4 heteroatoms. The van der Waals surface area contributed by atoms with E-state index in [1.807, 2.05) is 0 Å². The van der Waals surface area contributed by atoms with Gasteiger partial charge in [-0.25, -0.2) is 0 Å².